The second-order valence-corrected chi connectivity index (χ2v) is 7.20. The average Bonchev–Trinajstić information content (AvgIpc) is 3.12. The Morgan fingerprint density at radius 2 is 1.96 bits per heavy atom. The molecule has 1 saturated carbocycles. The lowest BCUT2D eigenvalue weighted by atomic mass is 9.95. The molecule has 2 aromatic rings. The number of anilines is 1. The molecule has 1 aliphatic carbocycles. The van der Waals surface area contributed by atoms with Crippen molar-refractivity contribution in [3.63, 3.8) is 0 Å². The van der Waals surface area contributed by atoms with E-state index in [0.717, 1.165) is 12.8 Å². The number of rotatable bonds is 3. The summed E-state index contributed by atoms with van der Waals surface area (Å²) in [5.41, 5.74) is 1.06. The molecule has 2 aliphatic rings. The number of aromatic nitrogens is 4. The normalized spacial score (nSPS) is 30.9. The Morgan fingerprint density at radius 1 is 1.20 bits per heavy atom. The third kappa shape index (κ3) is 3.08. The van der Waals surface area contributed by atoms with Gasteiger partial charge in [0.25, 0.3) is 0 Å². The number of ether oxygens (including phenoxy) is 1. The Hall–Kier alpha value is -1.48. The number of fused-ring (bicyclic) bond motifs is 1. The van der Waals surface area contributed by atoms with Gasteiger partial charge in [-0.1, -0.05) is 19.3 Å². The summed E-state index contributed by atoms with van der Waals surface area (Å²) >= 11 is 6.11. The number of hydrogen-bond acceptors (Lipinski definition) is 7. The van der Waals surface area contributed by atoms with E-state index < -0.39 is 24.5 Å². The van der Waals surface area contributed by atoms with Crippen LogP contribution in [0.15, 0.2) is 6.33 Å². The Balaban J connectivity index is 1.69. The minimum atomic E-state index is -1.06. The van der Waals surface area contributed by atoms with Crippen molar-refractivity contribution in [2.75, 3.05) is 5.32 Å². The van der Waals surface area contributed by atoms with E-state index in [2.05, 4.69) is 20.3 Å². The molecule has 0 bridgehead atoms. The van der Waals surface area contributed by atoms with Crippen LogP contribution in [0.5, 0.6) is 0 Å². The van der Waals surface area contributed by atoms with E-state index in [4.69, 9.17) is 16.3 Å². The first-order valence-corrected chi connectivity index (χ1v) is 9.10. The van der Waals surface area contributed by atoms with Gasteiger partial charge in [-0.25, -0.2) is 4.98 Å². The SMILES string of the molecule is C[C@H]1O[C@@H](n2cnc3c(NC4CCCCC4)nc(Cl)nc32)[C@H](O)[C@@H]1O. The number of imidazole rings is 1. The molecular weight excluding hydrogens is 346 g/mol. The van der Waals surface area contributed by atoms with Crippen LogP contribution in [-0.2, 0) is 4.74 Å². The van der Waals surface area contributed by atoms with Crippen LogP contribution in [0.25, 0.3) is 11.2 Å². The maximum Gasteiger partial charge on any atom is 0.226 e. The number of nitrogens with one attached hydrogen (secondary N) is 1. The number of aliphatic hydroxyl groups is 2. The fraction of sp³-hybridized carbons (Fsp3) is 0.688. The van der Waals surface area contributed by atoms with E-state index in [1.807, 2.05) is 0 Å². The van der Waals surface area contributed by atoms with Crippen molar-refractivity contribution in [1.82, 2.24) is 19.5 Å². The summed E-state index contributed by atoms with van der Waals surface area (Å²) in [6.45, 7) is 1.71. The summed E-state index contributed by atoms with van der Waals surface area (Å²) in [6.07, 6.45) is 4.15. The van der Waals surface area contributed by atoms with Gasteiger partial charge in [-0.05, 0) is 31.4 Å². The number of aliphatic hydroxyl groups excluding tert-OH is 2. The molecule has 3 heterocycles. The highest BCUT2D eigenvalue weighted by molar-refractivity contribution is 6.28. The third-order valence-electron chi connectivity index (χ3n) is 5.09. The second kappa shape index (κ2) is 6.68. The summed E-state index contributed by atoms with van der Waals surface area (Å²) < 4.78 is 7.27. The van der Waals surface area contributed by atoms with Gasteiger partial charge in [0.2, 0.25) is 5.28 Å². The monoisotopic (exact) mass is 367 g/mol. The molecule has 0 unspecified atom stereocenters. The highest BCUT2D eigenvalue weighted by Crippen LogP contribution is 2.33. The van der Waals surface area contributed by atoms with Gasteiger partial charge in [0.05, 0.1) is 12.4 Å². The zero-order valence-electron chi connectivity index (χ0n) is 14.0. The molecule has 9 heteroatoms. The zero-order valence-corrected chi connectivity index (χ0v) is 14.7. The fourth-order valence-electron chi connectivity index (χ4n) is 3.67. The number of hydrogen-bond donors (Lipinski definition) is 3. The van der Waals surface area contributed by atoms with Crippen LogP contribution in [-0.4, -0.2) is 54.1 Å². The Kier molecular flexibility index (Phi) is 4.53. The lowest BCUT2D eigenvalue weighted by Crippen LogP contribution is -2.30. The van der Waals surface area contributed by atoms with Crippen molar-refractivity contribution in [2.45, 2.75) is 69.6 Å². The van der Waals surface area contributed by atoms with E-state index in [0.29, 0.717) is 23.0 Å². The molecule has 8 nitrogen and oxygen atoms in total. The molecule has 0 aromatic carbocycles. The predicted octanol–water partition coefficient (Wildman–Crippen LogP) is 1.86. The largest absolute Gasteiger partial charge is 0.388 e. The van der Waals surface area contributed by atoms with Crippen molar-refractivity contribution in [2.24, 2.45) is 0 Å². The molecule has 25 heavy (non-hydrogen) atoms. The first kappa shape index (κ1) is 17.0. The van der Waals surface area contributed by atoms with Gasteiger partial charge in [0, 0.05) is 6.04 Å². The van der Waals surface area contributed by atoms with Gasteiger partial charge in [-0.3, -0.25) is 4.57 Å². The minimum Gasteiger partial charge on any atom is -0.388 e. The summed E-state index contributed by atoms with van der Waals surface area (Å²) in [6, 6.07) is 0.350. The topological polar surface area (TPSA) is 105 Å². The highest BCUT2D eigenvalue weighted by atomic mass is 35.5. The predicted molar refractivity (Wildman–Crippen MR) is 92.4 cm³/mol. The van der Waals surface area contributed by atoms with Gasteiger partial charge in [-0.2, -0.15) is 9.97 Å². The van der Waals surface area contributed by atoms with Crippen LogP contribution in [0.1, 0.15) is 45.3 Å². The van der Waals surface area contributed by atoms with Crippen LogP contribution in [0.3, 0.4) is 0 Å². The highest BCUT2D eigenvalue weighted by Gasteiger charge is 2.42. The average molecular weight is 368 g/mol. The lowest BCUT2D eigenvalue weighted by molar-refractivity contribution is -0.0299. The first-order valence-electron chi connectivity index (χ1n) is 8.73. The lowest BCUT2D eigenvalue weighted by Gasteiger charge is -2.23. The smallest absolute Gasteiger partial charge is 0.226 e. The fourth-order valence-corrected chi connectivity index (χ4v) is 3.84. The molecule has 0 radical (unpaired) electrons. The summed E-state index contributed by atoms with van der Waals surface area (Å²) in [5.74, 6) is 0.599. The number of halogens is 1. The number of nitrogens with zero attached hydrogens (tertiary/aromatic N) is 4. The van der Waals surface area contributed by atoms with Gasteiger partial charge in [-0.15, -0.1) is 0 Å². The summed E-state index contributed by atoms with van der Waals surface area (Å²) in [5, 5.41) is 23.7. The maximum atomic E-state index is 10.2. The molecular formula is C16H22ClN5O3. The quantitative estimate of drug-likeness (QED) is 0.711. The van der Waals surface area contributed by atoms with Crippen molar-refractivity contribution in [3.8, 4) is 0 Å². The van der Waals surface area contributed by atoms with Gasteiger partial charge in [0.1, 0.15) is 12.2 Å². The van der Waals surface area contributed by atoms with Crippen LogP contribution in [0, 0.1) is 0 Å². The van der Waals surface area contributed by atoms with Gasteiger partial charge < -0.3 is 20.3 Å². The molecule has 4 atom stereocenters. The van der Waals surface area contributed by atoms with Crippen molar-refractivity contribution in [1.29, 1.82) is 0 Å². The van der Waals surface area contributed by atoms with Gasteiger partial charge >= 0.3 is 0 Å². The molecule has 1 saturated heterocycles. The van der Waals surface area contributed by atoms with E-state index in [1.54, 1.807) is 17.8 Å². The second-order valence-electron chi connectivity index (χ2n) is 6.86. The van der Waals surface area contributed by atoms with Crippen molar-refractivity contribution in [3.05, 3.63) is 11.6 Å². The Bertz CT molecular complexity index is 764. The van der Waals surface area contributed by atoms with Crippen LogP contribution >= 0.6 is 11.6 Å². The Labute approximate surface area is 150 Å². The molecule has 3 N–H and O–H groups in total. The van der Waals surface area contributed by atoms with Crippen LogP contribution in [0.2, 0.25) is 5.28 Å². The van der Waals surface area contributed by atoms with Crippen LogP contribution < -0.4 is 5.32 Å². The van der Waals surface area contributed by atoms with E-state index in [9.17, 15) is 10.2 Å². The summed E-state index contributed by atoms with van der Waals surface area (Å²) in [4.78, 5) is 13.0. The molecule has 1 aliphatic heterocycles. The standard InChI is InChI=1S/C16H22ClN5O3/c1-8-11(23)12(24)15(25-8)22-7-18-10-13(20-16(17)21-14(10)22)19-9-5-3-2-4-6-9/h7-9,11-12,15,23-24H,2-6H2,1H3,(H,19,20,21)/t8-,11-,12-,15-/m1/s1. The van der Waals surface area contributed by atoms with E-state index in [-0.39, 0.29) is 5.28 Å². The van der Waals surface area contributed by atoms with Crippen molar-refractivity contribution < 1.29 is 14.9 Å². The van der Waals surface area contributed by atoms with Crippen LogP contribution in [0.4, 0.5) is 5.82 Å². The molecule has 2 fully saturated rings. The van der Waals surface area contributed by atoms with Crippen molar-refractivity contribution >= 4 is 28.6 Å². The van der Waals surface area contributed by atoms with E-state index >= 15 is 0 Å². The third-order valence-corrected chi connectivity index (χ3v) is 5.26. The zero-order chi connectivity index (χ0) is 17.6. The molecule has 0 spiro atoms. The Morgan fingerprint density at radius 3 is 2.64 bits per heavy atom. The summed E-state index contributed by atoms with van der Waals surface area (Å²) in [7, 11) is 0. The van der Waals surface area contributed by atoms with E-state index in [1.165, 1.54) is 19.3 Å². The maximum absolute atomic E-state index is 10.2. The molecule has 136 valence electrons. The first-order chi connectivity index (χ1) is 12.0. The molecule has 0 amide bonds. The minimum absolute atomic E-state index is 0.105. The van der Waals surface area contributed by atoms with Gasteiger partial charge in [0.15, 0.2) is 23.2 Å². The molecule has 2 aromatic heterocycles. The molecule has 4 rings (SSSR count).